The molecular weight excluding hydrogens is 439 g/mol. The van der Waals surface area contributed by atoms with E-state index in [1.165, 1.54) is 12.4 Å². The fourth-order valence-electron chi connectivity index (χ4n) is 4.02. The van der Waals surface area contributed by atoms with E-state index in [1.807, 2.05) is 6.92 Å². The lowest BCUT2D eigenvalue weighted by molar-refractivity contribution is -0.137. The van der Waals surface area contributed by atoms with Crippen LogP contribution in [0.4, 0.5) is 19.0 Å². The molecule has 2 atom stereocenters. The lowest BCUT2D eigenvalue weighted by atomic mass is 10.0. The summed E-state index contributed by atoms with van der Waals surface area (Å²) in [5.74, 6) is -0.0910. The number of ether oxygens (including phenoxy) is 1. The second-order valence-corrected chi connectivity index (χ2v) is 7.81. The summed E-state index contributed by atoms with van der Waals surface area (Å²) in [4.78, 5) is 23.5. The van der Waals surface area contributed by atoms with Crippen molar-refractivity contribution in [1.82, 2.24) is 29.5 Å². The number of fused-ring (bicyclic) bond motifs is 3. The maximum Gasteiger partial charge on any atom is 0.417 e. The number of carbonyl (C=O) groups is 1. The van der Waals surface area contributed by atoms with Gasteiger partial charge in [0.15, 0.2) is 5.82 Å². The number of aromatic nitrogens is 5. The first-order valence-corrected chi connectivity index (χ1v) is 10.1. The third-order valence-electron chi connectivity index (χ3n) is 5.63. The van der Waals surface area contributed by atoms with E-state index in [9.17, 15) is 18.0 Å². The van der Waals surface area contributed by atoms with Crippen LogP contribution in [0.25, 0.3) is 16.7 Å². The van der Waals surface area contributed by atoms with Crippen LogP contribution in [-0.4, -0.2) is 54.6 Å². The Morgan fingerprint density at radius 2 is 2.03 bits per heavy atom. The topological polar surface area (TPSA) is 112 Å². The smallest absolute Gasteiger partial charge is 0.381 e. The van der Waals surface area contributed by atoms with Crippen molar-refractivity contribution in [2.75, 3.05) is 18.9 Å². The third kappa shape index (κ3) is 3.61. The molecule has 4 aromatic rings. The first kappa shape index (κ1) is 21.1. The minimum absolute atomic E-state index is 0.121. The molecule has 2 N–H and O–H groups in total. The Kier molecular flexibility index (Phi) is 4.89. The highest BCUT2D eigenvalue weighted by atomic mass is 19.4. The Labute approximate surface area is 185 Å². The molecule has 4 heterocycles. The molecule has 1 aliphatic heterocycles. The third-order valence-corrected chi connectivity index (χ3v) is 5.63. The Morgan fingerprint density at radius 1 is 1.21 bits per heavy atom. The molecule has 170 valence electrons. The van der Waals surface area contributed by atoms with Gasteiger partial charge in [0, 0.05) is 11.8 Å². The summed E-state index contributed by atoms with van der Waals surface area (Å²) in [5.41, 5.74) is 7.29. The fourth-order valence-corrected chi connectivity index (χ4v) is 4.02. The zero-order valence-corrected chi connectivity index (χ0v) is 17.3. The fraction of sp³-hybridized carbons (Fsp3) is 0.286. The molecule has 1 fully saturated rings. The number of anilines is 1. The summed E-state index contributed by atoms with van der Waals surface area (Å²) in [5, 5.41) is 7.80. The van der Waals surface area contributed by atoms with Gasteiger partial charge in [-0.3, -0.25) is 14.2 Å². The second-order valence-electron chi connectivity index (χ2n) is 7.81. The van der Waals surface area contributed by atoms with Crippen molar-refractivity contribution < 1.29 is 22.7 Å². The standard InChI is InChI=1S/C21H18F3N7O2/c1-11-8-33-9-17(14-5-3-13(7-26-14)21(22,23)24)31(11)20(32)12-2-4-15-16(6-12)30-10-27-29-19(30)18(25)28-15/h2-7,10-11,17H,8-9H2,1H3,(H2,25,28). The minimum Gasteiger partial charge on any atom is -0.381 e. The van der Waals surface area contributed by atoms with Crippen molar-refractivity contribution in [2.24, 2.45) is 0 Å². The number of carbonyl (C=O) groups excluding carboxylic acids is 1. The molecule has 0 bridgehead atoms. The summed E-state index contributed by atoms with van der Waals surface area (Å²) in [6, 6.07) is 6.25. The molecule has 12 heteroatoms. The van der Waals surface area contributed by atoms with Crippen LogP contribution < -0.4 is 5.73 Å². The van der Waals surface area contributed by atoms with Gasteiger partial charge < -0.3 is 15.4 Å². The van der Waals surface area contributed by atoms with Gasteiger partial charge in [-0.1, -0.05) is 0 Å². The lowest BCUT2D eigenvalue weighted by Gasteiger charge is -2.40. The number of alkyl halides is 3. The van der Waals surface area contributed by atoms with Crippen LogP contribution in [0.2, 0.25) is 0 Å². The molecule has 1 aliphatic rings. The number of pyridine rings is 1. The summed E-state index contributed by atoms with van der Waals surface area (Å²) >= 11 is 0. The van der Waals surface area contributed by atoms with Gasteiger partial charge in [-0.15, -0.1) is 10.2 Å². The van der Waals surface area contributed by atoms with E-state index >= 15 is 0 Å². The van der Waals surface area contributed by atoms with Crippen molar-refractivity contribution in [3.05, 3.63) is 59.7 Å². The molecule has 5 rings (SSSR count). The number of halogens is 3. The van der Waals surface area contributed by atoms with Gasteiger partial charge in [-0.25, -0.2) is 4.98 Å². The van der Waals surface area contributed by atoms with Crippen LogP contribution in [-0.2, 0) is 10.9 Å². The number of benzene rings is 1. The van der Waals surface area contributed by atoms with Gasteiger partial charge in [0.1, 0.15) is 6.33 Å². The van der Waals surface area contributed by atoms with E-state index in [2.05, 4.69) is 20.2 Å². The van der Waals surface area contributed by atoms with Gasteiger partial charge in [0.2, 0.25) is 5.65 Å². The molecular formula is C21H18F3N7O2. The first-order chi connectivity index (χ1) is 15.7. The zero-order valence-electron chi connectivity index (χ0n) is 17.3. The first-order valence-electron chi connectivity index (χ1n) is 10.1. The molecule has 0 saturated carbocycles. The number of nitrogens with two attached hydrogens (primary N) is 1. The highest BCUT2D eigenvalue weighted by molar-refractivity contribution is 5.98. The lowest BCUT2D eigenvalue weighted by Crippen LogP contribution is -2.49. The number of nitrogens with zero attached hydrogens (tertiary/aromatic N) is 6. The van der Waals surface area contributed by atoms with Crippen molar-refractivity contribution in [1.29, 1.82) is 0 Å². The molecule has 1 amide bonds. The van der Waals surface area contributed by atoms with Gasteiger partial charge in [0.05, 0.1) is 47.6 Å². The number of hydrogen-bond donors (Lipinski definition) is 1. The van der Waals surface area contributed by atoms with Crippen LogP contribution in [0, 0.1) is 0 Å². The summed E-state index contributed by atoms with van der Waals surface area (Å²) in [6.07, 6.45) is -2.24. The largest absolute Gasteiger partial charge is 0.417 e. The van der Waals surface area contributed by atoms with Crippen LogP contribution in [0.5, 0.6) is 0 Å². The monoisotopic (exact) mass is 457 g/mol. The maximum atomic E-state index is 13.6. The predicted octanol–water partition coefficient (Wildman–Crippen LogP) is 2.88. The highest BCUT2D eigenvalue weighted by Gasteiger charge is 2.36. The van der Waals surface area contributed by atoms with E-state index in [1.54, 1.807) is 27.5 Å². The second kappa shape index (κ2) is 7.66. The highest BCUT2D eigenvalue weighted by Crippen LogP contribution is 2.32. The van der Waals surface area contributed by atoms with Crippen LogP contribution in [0.1, 0.15) is 34.6 Å². The quantitative estimate of drug-likeness (QED) is 0.493. The minimum atomic E-state index is -4.49. The number of rotatable bonds is 2. The van der Waals surface area contributed by atoms with Crippen LogP contribution >= 0.6 is 0 Å². The summed E-state index contributed by atoms with van der Waals surface area (Å²) in [6.45, 7) is 2.23. The van der Waals surface area contributed by atoms with Gasteiger partial charge in [-0.2, -0.15) is 13.2 Å². The summed E-state index contributed by atoms with van der Waals surface area (Å²) < 4.78 is 46.0. The molecule has 33 heavy (non-hydrogen) atoms. The molecule has 1 saturated heterocycles. The van der Waals surface area contributed by atoms with Crippen molar-refractivity contribution >= 4 is 28.4 Å². The molecule has 1 aromatic carbocycles. The average Bonchev–Trinajstić information content (AvgIpc) is 3.29. The van der Waals surface area contributed by atoms with E-state index in [4.69, 9.17) is 10.5 Å². The number of hydrogen-bond acceptors (Lipinski definition) is 7. The van der Waals surface area contributed by atoms with E-state index in [0.717, 1.165) is 12.3 Å². The molecule has 0 spiro atoms. The van der Waals surface area contributed by atoms with Crippen LogP contribution in [0.3, 0.4) is 0 Å². The average molecular weight is 457 g/mol. The number of morpholine rings is 1. The zero-order chi connectivity index (χ0) is 23.3. The number of nitrogen functional groups attached to an aromatic ring is 1. The molecule has 9 nitrogen and oxygen atoms in total. The Bertz CT molecular complexity index is 1350. The number of amides is 1. The maximum absolute atomic E-state index is 13.6. The Morgan fingerprint density at radius 3 is 2.76 bits per heavy atom. The van der Waals surface area contributed by atoms with Crippen molar-refractivity contribution in [3.63, 3.8) is 0 Å². The normalized spacial score (nSPS) is 19.3. The Hall–Kier alpha value is -3.80. The van der Waals surface area contributed by atoms with Gasteiger partial charge >= 0.3 is 6.18 Å². The van der Waals surface area contributed by atoms with E-state index in [-0.39, 0.29) is 24.4 Å². The van der Waals surface area contributed by atoms with E-state index in [0.29, 0.717) is 34.5 Å². The van der Waals surface area contributed by atoms with Gasteiger partial charge in [-0.05, 0) is 37.3 Å². The summed E-state index contributed by atoms with van der Waals surface area (Å²) in [7, 11) is 0. The Balaban J connectivity index is 1.53. The SMILES string of the molecule is CC1COCC(c2ccc(C(F)(F)F)cn2)N1C(=O)c1ccc2nc(N)c3nncn3c2c1. The van der Waals surface area contributed by atoms with Crippen LogP contribution in [0.15, 0.2) is 42.9 Å². The van der Waals surface area contributed by atoms with E-state index < -0.39 is 17.8 Å². The van der Waals surface area contributed by atoms with Gasteiger partial charge in [0.25, 0.3) is 5.91 Å². The molecule has 0 aliphatic carbocycles. The molecule has 2 unspecified atom stereocenters. The molecule has 0 radical (unpaired) electrons. The van der Waals surface area contributed by atoms with Crippen molar-refractivity contribution in [2.45, 2.75) is 25.2 Å². The van der Waals surface area contributed by atoms with Crippen molar-refractivity contribution in [3.8, 4) is 0 Å². The molecule has 3 aromatic heterocycles. The predicted molar refractivity (Wildman–Crippen MR) is 111 cm³/mol.